The van der Waals surface area contributed by atoms with E-state index in [-0.39, 0.29) is 11.0 Å². The second kappa shape index (κ2) is 5.17. The van der Waals surface area contributed by atoms with E-state index >= 15 is 0 Å². The first-order chi connectivity index (χ1) is 5.96. The number of carbonyl (C=O) groups is 1. The minimum Gasteiger partial charge on any atom is -0.486 e. The highest BCUT2D eigenvalue weighted by Crippen LogP contribution is 2.20. The number of rotatable bonds is 4. The summed E-state index contributed by atoms with van der Waals surface area (Å²) >= 11 is 4.96. The molecule has 0 saturated heterocycles. The van der Waals surface area contributed by atoms with Gasteiger partial charge in [-0.1, -0.05) is 0 Å². The Hall–Kier alpha value is -0.640. The fourth-order valence-corrected chi connectivity index (χ4v) is 0.908. The molecule has 0 rings (SSSR count). The fourth-order valence-electron chi connectivity index (χ4n) is 0.706. The summed E-state index contributed by atoms with van der Waals surface area (Å²) in [5.41, 5.74) is -0.832. The van der Waals surface area contributed by atoms with Gasteiger partial charge in [-0.05, 0) is 39.9 Å². The van der Waals surface area contributed by atoms with E-state index in [0.29, 0.717) is 13.2 Å². The molecule has 0 atom stereocenters. The number of esters is 1. The van der Waals surface area contributed by atoms with Crippen LogP contribution in [-0.4, -0.2) is 24.2 Å². The molecule has 0 amide bonds. The lowest BCUT2D eigenvalue weighted by atomic mass is 9.95. The second-order valence-electron chi connectivity index (χ2n) is 3.07. The fraction of sp³-hybridized carbons (Fsp3) is 0.778. The maximum atomic E-state index is 11.4. The van der Waals surface area contributed by atoms with Crippen LogP contribution < -0.4 is 0 Å². The minimum absolute atomic E-state index is 0.286. The van der Waals surface area contributed by atoms with Gasteiger partial charge in [-0.2, -0.15) is 0 Å². The molecule has 0 aliphatic carbocycles. The molecular weight excluding hydrogens is 188 g/mol. The molecule has 0 spiro atoms. The number of ether oxygens (including phenoxy) is 2. The van der Waals surface area contributed by atoms with Crippen molar-refractivity contribution >= 4 is 23.2 Å². The normalized spacial score (nSPS) is 10.8. The molecule has 0 heterocycles. The molecule has 0 unspecified atom stereocenters. The predicted molar refractivity (Wildman–Crippen MR) is 54.6 cm³/mol. The van der Waals surface area contributed by atoms with Crippen molar-refractivity contribution in [1.82, 2.24) is 0 Å². The van der Waals surface area contributed by atoms with E-state index in [0.717, 1.165) is 0 Å². The molecule has 0 aliphatic rings. The van der Waals surface area contributed by atoms with Crippen molar-refractivity contribution in [2.75, 3.05) is 13.2 Å². The van der Waals surface area contributed by atoms with Crippen LogP contribution in [-0.2, 0) is 14.3 Å². The van der Waals surface area contributed by atoms with E-state index in [9.17, 15) is 4.79 Å². The smallest absolute Gasteiger partial charge is 0.320 e. The van der Waals surface area contributed by atoms with E-state index in [4.69, 9.17) is 21.7 Å². The number of thiocarbonyl (C=S) groups is 1. The van der Waals surface area contributed by atoms with Gasteiger partial charge in [-0.3, -0.25) is 4.79 Å². The summed E-state index contributed by atoms with van der Waals surface area (Å²) in [4.78, 5) is 11.4. The summed E-state index contributed by atoms with van der Waals surface area (Å²) < 4.78 is 9.97. The van der Waals surface area contributed by atoms with Crippen LogP contribution in [0.2, 0.25) is 0 Å². The Labute approximate surface area is 84.4 Å². The van der Waals surface area contributed by atoms with Crippen molar-refractivity contribution < 1.29 is 14.3 Å². The first kappa shape index (κ1) is 12.4. The largest absolute Gasteiger partial charge is 0.486 e. The maximum absolute atomic E-state index is 11.4. The molecule has 0 aliphatic heterocycles. The zero-order valence-corrected chi connectivity index (χ0v) is 9.36. The molecule has 0 aromatic heterocycles. The van der Waals surface area contributed by atoms with Crippen molar-refractivity contribution in [1.29, 1.82) is 0 Å². The van der Waals surface area contributed by atoms with E-state index in [1.807, 2.05) is 6.92 Å². The standard InChI is InChI=1S/C9H16O3S/c1-5-11-7(10)9(3,4)8(13)12-6-2/h5-6H2,1-4H3. The third kappa shape index (κ3) is 3.30. The summed E-state index contributed by atoms with van der Waals surface area (Å²) in [6.07, 6.45) is 0. The van der Waals surface area contributed by atoms with E-state index < -0.39 is 5.41 Å². The van der Waals surface area contributed by atoms with Gasteiger partial charge in [0.05, 0.1) is 13.2 Å². The Kier molecular flexibility index (Phi) is 4.91. The number of hydrogen-bond acceptors (Lipinski definition) is 4. The molecule has 76 valence electrons. The maximum Gasteiger partial charge on any atom is 0.320 e. The monoisotopic (exact) mass is 204 g/mol. The molecule has 3 nitrogen and oxygen atoms in total. The predicted octanol–water partition coefficient (Wildman–Crippen LogP) is 1.94. The van der Waals surface area contributed by atoms with Crippen LogP contribution in [0.4, 0.5) is 0 Å². The molecule has 0 fully saturated rings. The first-order valence-corrected chi connectivity index (χ1v) is 4.72. The SMILES string of the molecule is CCOC(=O)C(C)(C)C(=S)OCC. The van der Waals surface area contributed by atoms with Gasteiger partial charge in [0.2, 0.25) is 0 Å². The topological polar surface area (TPSA) is 35.5 Å². The minimum atomic E-state index is -0.832. The van der Waals surface area contributed by atoms with Crippen molar-refractivity contribution in [3.8, 4) is 0 Å². The van der Waals surface area contributed by atoms with Crippen molar-refractivity contribution in [2.45, 2.75) is 27.7 Å². The first-order valence-electron chi connectivity index (χ1n) is 4.31. The van der Waals surface area contributed by atoms with Crippen molar-refractivity contribution in [3.05, 3.63) is 0 Å². The van der Waals surface area contributed by atoms with E-state index in [1.165, 1.54) is 0 Å². The van der Waals surface area contributed by atoms with Gasteiger partial charge >= 0.3 is 5.97 Å². The molecule has 0 radical (unpaired) electrons. The van der Waals surface area contributed by atoms with Gasteiger partial charge in [0, 0.05) is 0 Å². The van der Waals surface area contributed by atoms with Crippen molar-refractivity contribution in [3.63, 3.8) is 0 Å². The third-order valence-electron chi connectivity index (χ3n) is 1.57. The van der Waals surface area contributed by atoms with Gasteiger partial charge in [0.15, 0.2) is 5.05 Å². The molecule has 0 N–H and O–H groups in total. The third-order valence-corrected chi connectivity index (χ3v) is 2.20. The Balaban J connectivity index is 4.36. The molecule has 0 bridgehead atoms. The highest BCUT2D eigenvalue weighted by atomic mass is 32.1. The Morgan fingerprint density at radius 3 is 2.08 bits per heavy atom. The molecule has 0 aromatic carbocycles. The summed E-state index contributed by atoms with van der Waals surface area (Å²) in [5, 5.41) is 0.286. The van der Waals surface area contributed by atoms with Crippen LogP contribution in [0, 0.1) is 5.41 Å². The van der Waals surface area contributed by atoms with Crippen molar-refractivity contribution in [2.24, 2.45) is 5.41 Å². The summed E-state index contributed by atoms with van der Waals surface area (Å²) in [6.45, 7) is 7.82. The van der Waals surface area contributed by atoms with E-state index in [1.54, 1.807) is 20.8 Å². The summed E-state index contributed by atoms with van der Waals surface area (Å²) in [6, 6.07) is 0. The van der Waals surface area contributed by atoms with Crippen LogP contribution in [0.5, 0.6) is 0 Å². The molecular formula is C9H16O3S. The zero-order chi connectivity index (χ0) is 10.5. The highest BCUT2D eigenvalue weighted by molar-refractivity contribution is 7.80. The lowest BCUT2D eigenvalue weighted by Crippen LogP contribution is -2.35. The lowest BCUT2D eigenvalue weighted by Gasteiger charge is -2.22. The Morgan fingerprint density at radius 2 is 1.69 bits per heavy atom. The van der Waals surface area contributed by atoms with Gasteiger partial charge in [-0.15, -0.1) is 0 Å². The molecule has 13 heavy (non-hydrogen) atoms. The summed E-state index contributed by atoms with van der Waals surface area (Å²) in [5.74, 6) is -0.339. The lowest BCUT2D eigenvalue weighted by molar-refractivity contribution is -0.150. The number of hydrogen-bond donors (Lipinski definition) is 0. The summed E-state index contributed by atoms with van der Waals surface area (Å²) in [7, 11) is 0. The van der Waals surface area contributed by atoms with Gasteiger partial charge < -0.3 is 9.47 Å². The van der Waals surface area contributed by atoms with Crippen LogP contribution in [0.1, 0.15) is 27.7 Å². The van der Waals surface area contributed by atoms with Crippen LogP contribution >= 0.6 is 12.2 Å². The van der Waals surface area contributed by atoms with Crippen LogP contribution in [0.3, 0.4) is 0 Å². The molecule has 0 aromatic rings. The molecule has 0 saturated carbocycles. The highest BCUT2D eigenvalue weighted by Gasteiger charge is 2.35. The van der Waals surface area contributed by atoms with E-state index in [2.05, 4.69) is 0 Å². The number of carbonyl (C=O) groups excluding carboxylic acids is 1. The Morgan fingerprint density at radius 1 is 1.23 bits per heavy atom. The second-order valence-corrected chi connectivity index (χ2v) is 3.44. The van der Waals surface area contributed by atoms with Gasteiger partial charge in [0.25, 0.3) is 0 Å². The van der Waals surface area contributed by atoms with Gasteiger partial charge in [-0.25, -0.2) is 0 Å². The molecule has 4 heteroatoms. The quantitative estimate of drug-likeness (QED) is 0.518. The van der Waals surface area contributed by atoms with Gasteiger partial charge in [0.1, 0.15) is 5.41 Å². The zero-order valence-electron chi connectivity index (χ0n) is 8.55. The average molecular weight is 204 g/mol. The Bertz CT molecular complexity index is 179. The average Bonchev–Trinajstić information content (AvgIpc) is 2.05. The van der Waals surface area contributed by atoms with Crippen LogP contribution in [0.25, 0.3) is 0 Å². The van der Waals surface area contributed by atoms with Crippen LogP contribution in [0.15, 0.2) is 0 Å².